The molecule has 160 valence electrons. The Hall–Kier alpha value is -3.10. The summed E-state index contributed by atoms with van der Waals surface area (Å²) in [6.45, 7) is 1.36. The average Bonchev–Trinajstić information content (AvgIpc) is 3.26. The zero-order chi connectivity index (χ0) is 21.3. The summed E-state index contributed by atoms with van der Waals surface area (Å²) in [5.74, 6) is 0.916. The third-order valence-electron chi connectivity index (χ3n) is 6.60. The molecule has 2 heterocycles. The molecule has 1 aliphatic heterocycles. The molecule has 0 radical (unpaired) electrons. The highest BCUT2D eigenvalue weighted by Crippen LogP contribution is 2.56. The van der Waals surface area contributed by atoms with Gasteiger partial charge in [-0.2, -0.15) is 0 Å². The van der Waals surface area contributed by atoms with Gasteiger partial charge in [-0.1, -0.05) is 5.21 Å². The van der Waals surface area contributed by atoms with Crippen LogP contribution in [0.4, 0.5) is 0 Å². The molecule has 2 fully saturated rings. The van der Waals surface area contributed by atoms with Gasteiger partial charge in [-0.15, -0.1) is 5.10 Å². The number of carbonyl (C=O) groups excluding carboxylic acids is 2. The van der Waals surface area contributed by atoms with Gasteiger partial charge in [0.25, 0.3) is 11.8 Å². The van der Waals surface area contributed by atoms with E-state index in [9.17, 15) is 9.59 Å². The molecular formula is C21H27N5O4. The molecule has 1 spiro atoms. The number of hydrogen-bond donors (Lipinski definition) is 1. The molecular weight excluding hydrogens is 386 g/mol. The normalized spacial score (nSPS) is 19.8. The van der Waals surface area contributed by atoms with Crippen molar-refractivity contribution in [3.8, 4) is 11.5 Å². The highest BCUT2D eigenvalue weighted by Gasteiger charge is 2.50. The van der Waals surface area contributed by atoms with Crippen LogP contribution in [0.3, 0.4) is 0 Å². The predicted octanol–water partition coefficient (Wildman–Crippen LogP) is 1.91. The number of hydrogen-bond acceptors (Lipinski definition) is 6. The standard InChI is InChI=1S/C21H27N5O4/c1-22-19(27)16-13-26(24-23-16)18-6-7-21(18)8-10-25(11-9-21)20(28)15-5-4-14(29-2)12-17(15)30-3/h4-5,12-13,18H,6-11H2,1-3H3,(H,22,27). The number of nitrogens with one attached hydrogen (secondary N) is 1. The van der Waals surface area contributed by atoms with Crippen LogP contribution in [0.25, 0.3) is 0 Å². The zero-order valence-corrected chi connectivity index (χ0v) is 17.6. The summed E-state index contributed by atoms with van der Waals surface area (Å²) in [7, 11) is 4.72. The van der Waals surface area contributed by atoms with E-state index in [1.54, 1.807) is 45.7 Å². The van der Waals surface area contributed by atoms with Crippen LogP contribution in [-0.4, -0.2) is 66.1 Å². The van der Waals surface area contributed by atoms with E-state index in [1.165, 1.54) is 0 Å². The molecule has 2 amide bonds. The van der Waals surface area contributed by atoms with Crippen molar-refractivity contribution >= 4 is 11.8 Å². The van der Waals surface area contributed by atoms with Crippen molar-refractivity contribution in [2.24, 2.45) is 5.41 Å². The Kier molecular flexibility index (Phi) is 5.36. The van der Waals surface area contributed by atoms with Gasteiger partial charge in [0.15, 0.2) is 5.69 Å². The van der Waals surface area contributed by atoms with E-state index in [4.69, 9.17) is 9.47 Å². The maximum atomic E-state index is 13.1. The lowest BCUT2D eigenvalue weighted by Gasteiger charge is -2.53. The number of aromatic nitrogens is 3. The molecule has 4 rings (SSSR count). The Balaban J connectivity index is 1.44. The number of piperidine rings is 1. The summed E-state index contributed by atoms with van der Waals surface area (Å²) < 4.78 is 12.5. The summed E-state index contributed by atoms with van der Waals surface area (Å²) in [5, 5.41) is 10.8. The molecule has 0 bridgehead atoms. The molecule has 2 aromatic rings. The van der Waals surface area contributed by atoms with Crippen LogP contribution in [0.5, 0.6) is 11.5 Å². The van der Waals surface area contributed by atoms with Crippen LogP contribution in [0, 0.1) is 5.41 Å². The zero-order valence-electron chi connectivity index (χ0n) is 17.6. The first-order valence-corrected chi connectivity index (χ1v) is 10.2. The van der Waals surface area contributed by atoms with E-state index in [2.05, 4.69) is 15.6 Å². The first-order chi connectivity index (χ1) is 14.5. The maximum absolute atomic E-state index is 13.1. The van der Waals surface area contributed by atoms with Gasteiger partial charge in [-0.05, 0) is 43.2 Å². The number of nitrogens with zero attached hydrogens (tertiary/aromatic N) is 4. The van der Waals surface area contributed by atoms with Crippen molar-refractivity contribution in [1.29, 1.82) is 0 Å². The van der Waals surface area contributed by atoms with E-state index in [0.717, 1.165) is 25.7 Å². The number of ether oxygens (including phenoxy) is 2. The van der Waals surface area contributed by atoms with E-state index in [-0.39, 0.29) is 23.3 Å². The largest absolute Gasteiger partial charge is 0.497 e. The van der Waals surface area contributed by atoms with Gasteiger partial charge >= 0.3 is 0 Å². The fourth-order valence-corrected chi connectivity index (χ4v) is 4.64. The maximum Gasteiger partial charge on any atom is 0.273 e. The second kappa shape index (κ2) is 7.97. The minimum Gasteiger partial charge on any atom is -0.497 e. The van der Waals surface area contributed by atoms with Crippen molar-refractivity contribution < 1.29 is 19.1 Å². The molecule has 1 aliphatic carbocycles. The van der Waals surface area contributed by atoms with Crippen LogP contribution in [0.1, 0.15) is 52.6 Å². The number of rotatable bonds is 5. The molecule has 30 heavy (non-hydrogen) atoms. The topological polar surface area (TPSA) is 98.6 Å². The summed E-state index contributed by atoms with van der Waals surface area (Å²) in [6.07, 6.45) is 5.63. The Morgan fingerprint density at radius 1 is 1.17 bits per heavy atom. The third-order valence-corrected chi connectivity index (χ3v) is 6.60. The lowest BCUT2D eigenvalue weighted by atomic mass is 9.59. The van der Waals surface area contributed by atoms with Gasteiger partial charge in [0.1, 0.15) is 11.5 Å². The van der Waals surface area contributed by atoms with Gasteiger partial charge in [-0.25, -0.2) is 4.68 Å². The van der Waals surface area contributed by atoms with Gasteiger partial charge in [0.2, 0.25) is 0 Å². The van der Waals surface area contributed by atoms with Crippen molar-refractivity contribution in [1.82, 2.24) is 25.2 Å². The van der Waals surface area contributed by atoms with E-state index < -0.39 is 0 Å². The van der Waals surface area contributed by atoms with Crippen LogP contribution in [-0.2, 0) is 0 Å². The van der Waals surface area contributed by atoms with E-state index in [1.807, 2.05) is 9.58 Å². The first-order valence-electron chi connectivity index (χ1n) is 10.2. The molecule has 1 atom stereocenters. The SMILES string of the molecule is CNC(=O)c1cn(C2CCC23CCN(C(=O)c2ccc(OC)cc2OC)CC3)nn1. The number of likely N-dealkylation sites (tertiary alicyclic amines) is 1. The molecule has 1 aromatic heterocycles. The monoisotopic (exact) mass is 413 g/mol. The quantitative estimate of drug-likeness (QED) is 0.804. The highest BCUT2D eigenvalue weighted by molar-refractivity contribution is 5.97. The van der Waals surface area contributed by atoms with Crippen molar-refractivity contribution in [2.75, 3.05) is 34.4 Å². The van der Waals surface area contributed by atoms with Gasteiger partial charge in [0.05, 0.1) is 32.0 Å². The smallest absolute Gasteiger partial charge is 0.273 e. The molecule has 1 saturated heterocycles. The minimum absolute atomic E-state index is 0.0251. The van der Waals surface area contributed by atoms with Crippen LogP contribution >= 0.6 is 0 Å². The Labute approximate surface area is 175 Å². The lowest BCUT2D eigenvalue weighted by molar-refractivity contribution is -0.0268. The van der Waals surface area contributed by atoms with Crippen LogP contribution < -0.4 is 14.8 Å². The fraction of sp³-hybridized carbons (Fsp3) is 0.524. The fourth-order valence-electron chi connectivity index (χ4n) is 4.64. The second-order valence-corrected chi connectivity index (χ2v) is 7.94. The van der Waals surface area contributed by atoms with Gasteiger partial charge < -0.3 is 19.7 Å². The van der Waals surface area contributed by atoms with Crippen molar-refractivity contribution in [3.05, 3.63) is 35.7 Å². The highest BCUT2D eigenvalue weighted by atomic mass is 16.5. The molecule has 9 heteroatoms. The summed E-state index contributed by atoms with van der Waals surface area (Å²) in [6, 6.07) is 5.48. The van der Waals surface area contributed by atoms with E-state index in [0.29, 0.717) is 35.8 Å². The van der Waals surface area contributed by atoms with Crippen LogP contribution in [0.15, 0.2) is 24.4 Å². The van der Waals surface area contributed by atoms with Crippen LogP contribution in [0.2, 0.25) is 0 Å². The molecule has 1 saturated carbocycles. The summed E-state index contributed by atoms with van der Waals surface area (Å²) in [5.41, 5.74) is 0.985. The van der Waals surface area contributed by atoms with Gasteiger partial charge in [-0.3, -0.25) is 9.59 Å². The minimum atomic E-state index is -0.233. The molecule has 2 aliphatic rings. The van der Waals surface area contributed by atoms with Gasteiger partial charge in [0, 0.05) is 26.2 Å². The Morgan fingerprint density at radius 3 is 2.53 bits per heavy atom. The molecule has 1 aromatic carbocycles. The first kappa shape index (κ1) is 20.2. The average molecular weight is 413 g/mol. The molecule has 1 unspecified atom stereocenters. The van der Waals surface area contributed by atoms with Crippen molar-refractivity contribution in [2.45, 2.75) is 31.7 Å². The molecule has 9 nitrogen and oxygen atoms in total. The molecule has 1 N–H and O–H groups in total. The number of amides is 2. The lowest BCUT2D eigenvalue weighted by Crippen LogP contribution is -2.51. The predicted molar refractivity (Wildman–Crippen MR) is 109 cm³/mol. The number of benzene rings is 1. The number of methoxy groups -OCH3 is 2. The Bertz CT molecular complexity index is 949. The summed E-state index contributed by atoms with van der Waals surface area (Å²) >= 11 is 0. The summed E-state index contributed by atoms with van der Waals surface area (Å²) in [4.78, 5) is 26.8. The third kappa shape index (κ3) is 3.38. The van der Waals surface area contributed by atoms with E-state index >= 15 is 0 Å². The van der Waals surface area contributed by atoms with Crippen molar-refractivity contribution in [3.63, 3.8) is 0 Å². The number of carbonyl (C=O) groups is 2. The second-order valence-electron chi connectivity index (χ2n) is 7.94. The Morgan fingerprint density at radius 2 is 1.93 bits per heavy atom.